The quantitative estimate of drug-likeness (QED) is 0.805. The molecule has 4 aliphatic carbocycles. The van der Waals surface area contributed by atoms with Crippen LogP contribution in [0.5, 0.6) is 5.75 Å². The van der Waals surface area contributed by atoms with Crippen LogP contribution in [0.1, 0.15) is 38.5 Å². The minimum absolute atomic E-state index is 0.120. The number of carbonyl (C=O) groups excluding carboxylic acids is 2. The molecule has 1 aromatic carbocycles. The zero-order valence-corrected chi connectivity index (χ0v) is 16.1. The van der Waals surface area contributed by atoms with Crippen molar-refractivity contribution < 1.29 is 18.7 Å². The van der Waals surface area contributed by atoms with E-state index in [2.05, 4.69) is 20.8 Å². The van der Waals surface area contributed by atoms with Crippen molar-refractivity contribution in [3.05, 3.63) is 30.7 Å². The second-order valence-corrected chi connectivity index (χ2v) is 8.76. The van der Waals surface area contributed by atoms with Gasteiger partial charge in [0.05, 0.1) is 0 Å². The molecule has 0 radical (unpaired) electrons. The van der Waals surface area contributed by atoms with E-state index in [1.54, 1.807) is 24.3 Å². The van der Waals surface area contributed by atoms with Gasteiger partial charge in [0.25, 0.3) is 5.91 Å². The predicted octanol–water partition coefficient (Wildman–Crippen LogP) is 2.91. The molecule has 2 aromatic rings. The fourth-order valence-electron chi connectivity index (χ4n) is 5.84. The van der Waals surface area contributed by atoms with E-state index in [0.29, 0.717) is 11.6 Å². The Balaban J connectivity index is 1.11. The average molecular weight is 396 g/mol. The Morgan fingerprint density at radius 2 is 1.72 bits per heavy atom. The molecule has 4 bridgehead atoms. The van der Waals surface area contributed by atoms with Gasteiger partial charge in [0.2, 0.25) is 12.3 Å². The highest BCUT2D eigenvalue weighted by molar-refractivity contribution is 5.95. The van der Waals surface area contributed by atoms with E-state index in [1.807, 2.05) is 0 Å². The van der Waals surface area contributed by atoms with Crippen molar-refractivity contribution in [1.82, 2.24) is 20.8 Å². The fourth-order valence-corrected chi connectivity index (χ4v) is 5.84. The van der Waals surface area contributed by atoms with Crippen LogP contribution < -0.4 is 15.4 Å². The van der Waals surface area contributed by atoms with Gasteiger partial charge < -0.3 is 14.5 Å². The van der Waals surface area contributed by atoms with Crippen LogP contribution in [0.3, 0.4) is 0 Å². The molecule has 29 heavy (non-hydrogen) atoms. The first-order valence-corrected chi connectivity index (χ1v) is 10.2. The summed E-state index contributed by atoms with van der Waals surface area (Å²) < 4.78 is 10.6. The molecule has 4 fully saturated rings. The maximum Gasteiger partial charge on any atom is 0.321 e. The highest BCUT2D eigenvalue weighted by Gasteiger charge is 2.51. The summed E-state index contributed by atoms with van der Waals surface area (Å²) in [5, 5.41) is 13.0. The minimum Gasteiger partial charge on any atom is -0.484 e. The van der Waals surface area contributed by atoms with Crippen LogP contribution in [0.4, 0.5) is 4.79 Å². The Kier molecular flexibility index (Phi) is 4.49. The highest BCUT2D eigenvalue weighted by atomic mass is 16.5. The number of amides is 3. The monoisotopic (exact) mass is 396 g/mol. The van der Waals surface area contributed by atoms with Crippen molar-refractivity contribution in [1.29, 1.82) is 0 Å². The predicted molar refractivity (Wildman–Crippen MR) is 103 cm³/mol. The molecule has 1 aromatic heterocycles. The Morgan fingerprint density at radius 1 is 1.07 bits per heavy atom. The van der Waals surface area contributed by atoms with Crippen LogP contribution in [-0.4, -0.2) is 34.3 Å². The molecule has 0 atom stereocenters. The summed E-state index contributed by atoms with van der Waals surface area (Å²) in [7, 11) is 0. The van der Waals surface area contributed by atoms with Gasteiger partial charge in [0.15, 0.2) is 6.61 Å². The molecule has 1 heterocycles. The molecular weight excluding hydrogens is 372 g/mol. The number of nitrogens with zero attached hydrogens (tertiary/aromatic N) is 2. The lowest BCUT2D eigenvalue weighted by Gasteiger charge is -2.56. The third kappa shape index (κ3) is 3.83. The van der Waals surface area contributed by atoms with Gasteiger partial charge in [-0.3, -0.25) is 10.1 Å². The van der Waals surface area contributed by atoms with E-state index >= 15 is 0 Å². The third-order valence-corrected chi connectivity index (χ3v) is 6.50. The molecular formula is C21H24N4O4. The Hall–Kier alpha value is -2.90. The fraction of sp³-hybridized carbons (Fsp3) is 0.524. The van der Waals surface area contributed by atoms with Crippen molar-refractivity contribution in [2.24, 2.45) is 17.8 Å². The van der Waals surface area contributed by atoms with E-state index in [1.165, 1.54) is 25.7 Å². The number of benzene rings is 1. The van der Waals surface area contributed by atoms with Crippen molar-refractivity contribution in [3.8, 4) is 17.2 Å². The Bertz CT molecular complexity index is 859. The van der Waals surface area contributed by atoms with Gasteiger partial charge in [-0.2, -0.15) is 0 Å². The summed E-state index contributed by atoms with van der Waals surface area (Å²) in [6.45, 7) is -0.228. The number of carbonyl (C=O) groups is 2. The number of nitrogens with one attached hydrogen (secondary N) is 2. The summed E-state index contributed by atoms with van der Waals surface area (Å²) in [6.07, 6.45) is 8.32. The number of urea groups is 1. The van der Waals surface area contributed by atoms with Gasteiger partial charge in [0.1, 0.15) is 5.75 Å². The lowest BCUT2D eigenvalue weighted by Crippen LogP contribution is -2.62. The van der Waals surface area contributed by atoms with Gasteiger partial charge >= 0.3 is 6.03 Å². The number of aromatic nitrogens is 2. The Morgan fingerprint density at radius 3 is 2.31 bits per heavy atom. The lowest BCUT2D eigenvalue weighted by molar-refractivity contribution is -0.122. The summed E-state index contributed by atoms with van der Waals surface area (Å²) in [5.74, 6) is 2.66. The first kappa shape index (κ1) is 18.1. The zero-order valence-electron chi connectivity index (χ0n) is 16.1. The molecule has 4 aliphatic rings. The number of ether oxygens (including phenoxy) is 1. The molecule has 2 N–H and O–H groups in total. The van der Waals surface area contributed by atoms with Crippen LogP contribution in [0.15, 0.2) is 35.1 Å². The average Bonchev–Trinajstić information content (AvgIpc) is 3.20. The van der Waals surface area contributed by atoms with Gasteiger partial charge in [-0.15, -0.1) is 10.2 Å². The van der Waals surface area contributed by atoms with Crippen LogP contribution >= 0.6 is 0 Å². The summed E-state index contributed by atoms with van der Waals surface area (Å²) in [4.78, 5) is 24.5. The van der Waals surface area contributed by atoms with E-state index in [-0.39, 0.29) is 12.1 Å². The largest absolute Gasteiger partial charge is 0.484 e. The van der Waals surface area contributed by atoms with Crippen molar-refractivity contribution in [2.75, 3.05) is 6.61 Å². The van der Waals surface area contributed by atoms with Gasteiger partial charge in [-0.1, -0.05) is 0 Å². The zero-order chi connectivity index (χ0) is 19.8. The maximum atomic E-state index is 12.4. The summed E-state index contributed by atoms with van der Waals surface area (Å²) >= 11 is 0. The van der Waals surface area contributed by atoms with E-state index in [4.69, 9.17) is 9.15 Å². The molecule has 8 heteroatoms. The van der Waals surface area contributed by atoms with Crippen molar-refractivity contribution in [3.63, 3.8) is 0 Å². The number of imide groups is 1. The first-order chi connectivity index (χ1) is 14.1. The second kappa shape index (κ2) is 7.17. The molecule has 6 rings (SSSR count). The number of hydrogen-bond donors (Lipinski definition) is 2. The molecule has 0 unspecified atom stereocenters. The van der Waals surface area contributed by atoms with Crippen LogP contribution in [0.25, 0.3) is 11.5 Å². The van der Waals surface area contributed by atoms with E-state index in [9.17, 15) is 9.59 Å². The summed E-state index contributed by atoms with van der Waals surface area (Å²) in [5.41, 5.74) is 0.638. The molecule has 0 aliphatic heterocycles. The number of hydrogen-bond acceptors (Lipinski definition) is 6. The molecule has 4 saturated carbocycles. The van der Waals surface area contributed by atoms with E-state index in [0.717, 1.165) is 42.6 Å². The first-order valence-electron chi connectivity index (χ1n) is 10.2. The highest BCUT2D eigenvalue weighted by Crippen LogP contribution is 2.55. The van der Waals surface area contributed by atoms with Gasteiger partial charge in [-0.25, -0.2) is 4.79 Å². The van der Waals surface area contributed by atoms with Crippen LogP contribution in [-0.2, 0) is 4.79 Å². The van der Waals surface area contributed by atoms with Crippen molar-refractivity contribution in [2.45, 2.75) is 44.1 Å². The maximum absolute atomic E-state index is 12.4. The minimum atomic E-state index is -0.465. The molecule has 0 saturated heterocycles. The van der Waals surface area contributed by atoms with Gasteiger partial charge in [0, 0.05) is 11.1 Å². The lowest BCUT2D eigenvalue weighted by atomic mass is 9.53. The van der Waals surface area contributed by atoms with Crippen molar-refractivity contribution >= 4 is 11.9 Å². The topological polar surface area (TPSA) is 106 Å². The molecule has 0 spiro atoms. The Labute approximate surface area is 168 Å². The summed E-state index contributed by atoms with van der Waals surface area (Å²) in [6, 6.07) is 6.54. The van der Waals surface area contributed by atoms with E-state index < -0.39 is 11.9 Å². The van der Waals surface area contributed by atoms with Crippen LogP contribution in [0.2, 0.25) is 0 Å². The SMILES string of the molecule is O=C(COc1ccc(-c2nnco2)cc1)NC(=O)NC12CC3CC(CC(C3)C1)C2. The number of rotatable bonds is 5. The van der Waals surface area contributed by atoms with Crippen LogP contribution in [0, 0.1) is 17.8 Å². The van der Waals surface area contributed by atoms with Gasteiger partial charge in [-0.05, 0) is 80.5 Å². The smallest absolute Gasteiger partial charge is 0.321 e. The third-order valence-electron chi connectivity index (χ3n) is 6.50. The molecule has 8 nitrogen and oxygen atoms in total. The molecule has 152 valence electrons. The standard InChI is InChI=1S/C21H24N4O4/c26-18(11-28-17-3-1-16(2-4-17)19-25-22-12-29-19)23-20(27)24-21-8-13-5-14(9-21)7-15(6-13)10-21/h1-4,12-15H,5-11H2,(H2,23,24,26,27). The molecule has 3 amide bonds. The second-order valence-electron chi connectivity index (χ2n) is 8.76. The normalized spacial score (nSPS) is 29.4.